The van der Waals surface area contributed by atoms with Gasteiger partial charge in [0.15, 0.2) is 0 Å². The summed E-state index contributed by atoms with van der Waals surface area (Å²) in [6.45, 7) is 3.31. The van der Waals surface area contributed by atoms with Gasteiger partial charge in [0.2, 0.25) is 15.9 Å². The van der Waals surface area contributed by atoms with Crippen molar-refractivity contribution in [3.05, 3.63) is 54.1 Å². The van der Waals surface area contributed by atoms with Gasteiger partial charge in [0.05, 0.1) is 11.4 Å². The molecule has 0 unspecified atom stereocenters. The van der Waals surface area contributed by atoms with E-state index in [2.05, 4.69) is 11.4 Å². The van der Waals surface area contributed by atoms with Crippen LogP contribution in [0.3, 0.4) is 0 Å². The number of hydrogen-bond acceptors (Lipinski definition) is 4. The van der Waals surface area contributed by atoms with Gasteiger partial charge in [-0.2, -0.15) is 4.31 Å². The molecule has 1 atom stereocenters. The van der Waals surface area contributed by atoms with Crippen molar-refractivity contribution in [2.75, 3.05) is 29.9 Å². The monoisotopic (exact) mass is 413 g/mol. The Labute approximate surface area is 172 Å². The van der Waals surface area contributed by atoms with Crippen molar-refractivity contribution in [3.8, 4) is 0 Å². The van der Waals surface area contributed by atoms with E-state index in [9.17, 15) is 13.2 Å². The molecule has 2 aliphatic rings. The Morgan fingerprint density at radius 1 is 1.07 bits per heavy atom. The number of carbonyl (C=O) groups excluding carboxylic acids is 1. The molecule has 154 valence electrons. The predicted octanol–water partition coefficient (Wildman–Crippen LogP) is 3.25. The van der Waals surface area contributed by atoms with Gasteiger partial charge in [-0.05, 0) is 56.0 Å². The van der Waals surface area contributed by atoms with Gasteiger partial charge in [-0.3, -0.25) is 4.79 Å². The SMILES string of the molecule is C[C@H]1Cc2ccccc2N1C(=O)CNc1cccc(S(=O)(=O)N2CCCCC2)c1. The molecule has 2 aliphatic heterocycles. The summed E-state index contributed by atoms with van der Waals surface area (Å²) in [5.41, 5.74) is 2.78. The Hall–Kier alpha value is -2.38. The van der Waals surface area contributed by atoms with Crippen LogP contribution in [0.5, 0.6) is 0 Å². The lowest BCUT2D eigenvalue weighted by molar-refractivity contribution is -0.117. The number of anilines is 2. The van der Waals surface area contributed by atoms with E-state index >= 15 is 0 Å². The largest absolute Gasteiger partial charge is 0.376 e. The van der Waals surface area contributed by atoms with Crippen LogP contribution in [0.1, 0.15) is 31.7 Å². The highest BCUT2D eigenvalue weighted by molar-refractivity contribution is 7.89. The van der Waals surface area contributed by atoms with Crippen molar-refractivity contribution >= 4 is 27.3 Å². The zero-order chi connectivity index (χ0) is 20.4. The van der Waals surface area contributed by atoms with Gasteiger partial charge in [0.25, 0.3) is 0 Å². The van der Waals surface area contributed by atoms with Crippen LogP contribution in [0.15, 0.2) is 53.4 Å². The van der Waals surface area contributed by atoms with Crippen LogP contribution in [-0.2, 0) is 21.2 Å². The number of hydrogen-bond donors (Lipinski definition) is 1. The topological polar surface area (TPSA) is 69.7 Å². The summed E-state index contributed by atoms with van der Waals surface area (Å²) in [6, 6.07) is 14.8. The molecule has 0 bridgehead atoms. The molecular weight excluding hydrogens is 386 g/mol. The fourth-order valence-corrected chi connectivity index (χ4v) is 5.79. The molecule has 1 amide bonds. The van der Waals surface area contributed by atoms with Gasteiger partial charge in [-0.1, -0.05) is 30.7 Å². The summed E-state index contributed by atoms with van der Waals surface area (Å²) in [6.07, 6.45) is 3.74. The van der Waals surface area contributed by atoms with Crippen LogP contribution in [0.2, 0.25) is 0 Å². The minimum absolute atomic E-state index is 0.0215. The molecular formula is C22H27N3O3S. The Balaban J connectivity index is 1.46. The number of rotatable bonds is 5. The van der Waals surface area contributed by atoms with Crippen LogP contribution in [-0.4, -0.2) is 44.3 Å². The molecule has 0 aromatic heterocycles. The van der Waals surface area contributed by atoms with E-state index in [1.165, 1.54) is 5.56 Å². The number of amides is 1. The Morgan fingerprint density at radius 3 is 2.62 bits per heavy atom. The number of carbonyl (C=O) groups is 1. The van der Waals surface area contributed by atoms with E-state index in [0.29, 0.717) is 18.8 Å². The first-order valence-electron chi connectivity index (χ1n) is 10.2. The van der Waals surface area contributed by atoms with Gasteiger partial charge < -0.3 is 10.2 Å². The number of para-hydroxylation sites is 1. The first-order chi connectivity index (χ1) is 14.0. The molecule has 2 heterocycles. The van der Waals surface area contributed by atoms with Crippen molar-refractivity contribution in [2.45, 2.75) is 43.5 Å². The van der Waals surface area contributed by atoms with Crippen molar-refractivity contribution in [2.24, 2.45) is 0 Å². The lowest BCUT2D eigenvalue weighted by Crippen LogP contribution is -2.39. The number of sulfonamides is 1. The number of nitrogens with zero attached hydrogens (tertiary/aromatic N) is 2. The summed E-state index contributed by atoms with van der Waals surface area (Å²) < 4.78 is 27.3. The minimum Gasteiger partial charge on any atom is -0.376 e. The van der Waals surface area contributed by atoms with Crippen molar-refractivity contribution in [1.29, 1.82) is 0 Å². The van der Waals surface area contributed by atoms with Crippen molar-refractivity contribution in [3.63, 3.8) is 0 Å². The van der Waals surface area contributed by atoms with Gasteiger partial charge in [0.1, 0.15) is 0 Å². The number of piperidine rings is 1. The molecule has 4 rings (SSSR count). The quantitative estimate of drug-likeness (QED) is 0.817. The third kappa shape index (κ3) is 4.02. The Morgan fingerprint density at radius 2 is 1.83 bits per heavy atom. The summed E-state index contributed by atoms with van der Waals surface area (Å²) in [7, 11) is -3.49. The first kappa shape index (κ1) is 19.9. The molecule has 29 heavy (non-hydrogen) atoms. The van der Waals surface area contributed by atoms with Crippen molar-refractivity contribution < 1.29 is 13.2 Å². The highest BCUT2D eigenvalue weighted by Gasteiger charge is 2.30. The lowest BCUT2D eigenvalue weighted by atomic mass is 10.1. The first-order valence-corrected chi connectivity index (χ1v) is 11.6. The second-order valence-electron chi connectivity index (χ2n) is 7.79. The zero-order valence-electron chi connectivity index (χ0n) is 16.7. The lowest BCUT2D eigenvalue weighted by Gasteiger charge is -2.26. The molecule has 0 radical (unpaired) electrons. The minimum atomic E-state index is -3.49. The molecule has 1 fully saturated rings. The van der Waals surface area contributed by atoms with Gasteiger partial charge in [-0.15, -0.1) is 0 Å². The average Bonchev–Trinajstić information content (AvgIpc) is 3.08. The van der Waals surface area contributed by atoms with Crippen molar-refractivity contribution in [1.82, 2.24) is 4.31 Å². The second-order valence-corrected chi connectivity index (χ2v) is 9.73. The molecule has 6 nitrogen and oxygen atoms in total. The summed E-state index contributed by atoms with van der Waals surface area (Å²) in [4.78, 5) is 15.0. The van der Waals surface area contributed by atoms with E-state index < -0.39 is 10.0 Å². The Kier molecular flexibility index (Phi) is 5.61. The molecule has 0 spiro atoms. The average molecular weight is 414 g/mol. The van der Waals surface area contributed by atoms with Crippen LogP contribution in [0, 0.1) is 0 Å². The van der Waals surface area contributed by atoms with Gasteiger partial charge >= 0.3 is 0 Å². The third-order valence-corrected chi connectivity index (χ3v) is 7.60. The molecule has 0 aliphatic carbocycles. The maximum absolute atomic E-state index is 12.9. The van der Waals surface area contributed by atoms with E-state index in [1.807, 2.05) is 30.0 Å². The Bertz CT molecular complexity index is 1000. The van der Waals surface area contributed by atoms with Crippen LogP contribution in [0.4, 0.5) is 11.4 Å². The molecule has 0 saturated carbocycles. The maximum atomic E-state index is 12.9. The molecule has 7 heteroatoms. The van der Waals surface area contributed by atoms with E-state index in [4.69, 9.17) is 0 Å². The smallest absolute Gasteiger partial charge is 0.246 e. The normalized spacial score (nSPS) is 19.8. The fourth-order valence-electron chi connectivity index (χ4n) is 4.23. The third-order valence-electron chi connectivity index (χ3n) is 5.71. The highest BCUT2D eigenvalue weighted by Crippen LogP contribution is 2.32. The number of benzene rings is 2. The van der Waals surface area contributed by atoms with Crippen LogP contribution in [0.25, 0.3) is 0 Å². The standard InChI is InChI=1S/C22H27N3O3S/c1-17-14-18-8-3-4-11-21(18)25(17)22(26)16-23-19-9-7-10-20(15-19)29(27,28)24-12-5-2-6-13-24/h3-4,7-11,15,17,23H,2,5-6,12-14,16H2,1H3/t17-/m0/s1. The van der Waals surface area contributed by atoms with E-state index in [0.717, 1.165) is 31.4 Å². The zero-order valence-corrected chi connectivity index (χ0v) is 17.5. The summed E-state index contributed by atoms with van der Waals surface area (Å²) >= 11 is 0. The van der Waals surface area contributed by atoms with E-state index in [-0.39, 0.29) is 23.4 Å². The second kappa shape index (κ2) is 8.16. The number of fused-ring (bicyclic) bond motifs is 1. The summed E-state index contributed by atoms with van der Waals surface area (Å²) in [5.74, 6) is -0.0215. The summed E-state index contributed by atoms with van der Waals surface area (Å²) in [5, 5.41) is 3.11. The molecule has 1 saturated heterocycles. The van der Waals surface area contributed by atoms with Crippen LogP contribution >= 0.6 is 0 Å². The molecule has 2 aromatic rings. The molecule has 1 N–H and O–H groups in total. The van der Waals surface area contributed by atoms with Gasteiger partial charge in [0, 0.05) is 30.5 Å². The fraction of sp³-hybridized carbons (Fsp3) is 0.409. The maximum Gasteiger partial charge on any atom is 0.246 e. The van der Waals surface area contributed by atoms with Gasteiger partial charge in [-0.25, -0.2) is 8.42 Å². The number of nitrogens with one attached hydrogen (secondary N) is 1. The predicted molar refractivity (Wildman–Crippen MR) is 115 cm³/mol. The highest BCUT2D eigenvalue weighted by atomic mass is 32.2. The molecule has 2 aromatic carbocycles. The van der Waals surface area contributed by atoms with E-state index in [1.54, 1.807) is 28.6 Å². The van der Waals surface area contributed by atoms with Crippen LogP contribution < -0.4 is 10.2 Å².